The molecule has 0 radical (unpaired) electrons. The Morgan fingerprint density at radius 3 is 2.45 bits per heavy atom. The second-order valence-electron chi connectivity index (χ2n) is 4.68. The van der Waals surface area contributed by atoms with Crippen molar-refractivity contribution in [3.05, 3.63) is 64.8 Å². The second-order valence-corrected chi connectivity index (χ2v) is 5.73. The lowest BCUT2D eigenvalue weighted by Crippen LogP contribution is -2.11. The molecule has 1 aromatic heterocycles. The first-order valence-electron chi connectivity index (χ1n) is 6.57. The van der Waals surface area contributed by atoms with E-state index in [1.54, 1.807) is 18.2 Å². The normalized spacial score (nSPS) is 10.6. The molecule has 22 heavy (non-hydrogen) atoms. The number of hydrogen-bond donors (Lipinski definition) is 0. The van der Waals surface area contributed by atoms with Crippen LogP contribution in [0, 0.1) is 5.82 Å². The highest BCUT2D eigenvalue weighted by Gasteiger charge is 2.21. The Labute approximate surface area is 130 Å². The summed E-state index contributed by atoms with van der Waals surface area (Å²) in [5.74, 6) is -1.47. The van der Waals surface area contributed by atoms with E-state index in [-0.39, 0.29) is 17.1 Å². The number of carbonyl (C=O) groups is 2. The van der Waals surface area contributed by atoms with Gasteiger partial charge in [-0.15, -0.1) is 11.3 Å². The van der Waals surface area contributed by atoms with Gasteiger partial charge in [-0.2, -0.15) is 0 Å². The average molecular weight is 314 g/mol. The van der Waals surface area contributed by atoms with E-state index in [0.29, 0.717) is 10.3 Å². The van der Waals surface area contributed by atoms with Gasteiger partial charge in [0.1, 0.15) is 10.7 Å². The van der Waals surface area contributed by atoms with Gasteiger partial charge in [-0.3, -0.25) is 4.79 Å². The van der Waals surface area contributed by atoms with E-state index in [4.69, 9.17) is 4.74 Å². The summed E-state index contributed by atoms with van der Waals surface area (Å²) in [6, 6.07) is 12.8. The molecule has 0 unspecified atom stereocenters. The maximum absolute atomic E-state index is 13.7. The molecule has 0 N–H and O–H groups in total. The Morgan fingerprint density at radius 1 is 1.05 bits per heavy atom. The van der Waals surface area contributed by atoms with Crippen molar-refractivity contribution in [2.24, 2.45) is 0 Å². The van der Waals surface area contributed by atoms with Gasteiger partial charge in [0.15, 0.2) is 11.5 Å². The Balaban J connectivity index is 2.07. The van der Waals surface area contributed by atoms with Gasteiger partial charge in [0.25, 0.3) is 0 Å². The van der Waals surface area contributed by atoms with E-state index >= 15 is 0 Å². The standard InChI is InChI=1S/C17H11FO3S/c1-10(19)16-15(12-7-3-5-9-14(12)22-16)21-17(20)11-6-2-4-8-13(11)18/h2-9H,1H3. The van der Waals surface area contributed by atoms with Crippen LogP contribution < -0.4 is 4.74 Å². The highest BCUT2D eigenvalue weighted by molar-refractivity contribution is 7.21. The molecule has 0 aliphatic carbocycles. The fraction of sp³-hybridized carbons (Fsp3) is 0.0588. The number of halogens is 1. The Hall–Kier alpha value is -2.53. The van der Waals surface area contributed by atoms with Gasteiger partial charge in [0, 0.05) is 17.0 Å². The maximum Gasteiger partial charge on any atom is 0.346 e. The zero-order valence-electron chi connectivity index (χ0n) is 11.6. The number of ketones is 1. The molecular weight excluding hydrogens is 303 g/mol. The van der Waals surface area contributed by atoms with Crippen LogP contribution in [0.1, 0.15) is 27.0 Å². The number of rotatable bonds is 3. The fourth-order valence-corrected chi connectivity index (χ4v) is 3.15. The van der Waals surface area contributed by atoms with Crippen LogP contribution in [0.3, 0.4) is 0 Å². The first-order chi connectivity index (χ1) is 10.6. The van der Waals surface area contributed by atoms with Crippen LogP contribution >= 0.6 is 11.3 Å². The number of Topliss-reactive ketones (excluding diaryl/α,β-unsaturated/α-hetero) is 1. The van der Waals surface area contributed by atoms with E-state index < -0.39 is 11.8 Å². The summed E-state index contributed by atoms with van der Waals surface area (Å²) in [7, 11) is 0. The quantitative estimate of drug-likeness (QED) is 0.529. The molecule has 2 aromatic carbocycles. The second kappa shape index (κ2) is 5.69. The molecule has 0 aliphatic heterocycles. The predicted octanol–water partition coefficient (Wildman–Crippen LogP) is 4.46. The molecule has 5 heteroatoms. The third kappa shape index (κ3) is 2.51. The van der Waals surface area contributed by atoms with Crippen LogP contribution in [-0.2, 0) is 0 Å². The van der Waals surface area contributed by atoms with Crippen molar-refractivity contribution in [1.29, 1.82) is 0 Å². The summed E-state index contributed by atoms with van der Waals surface area (Å²) in [5.41, 5.74) is -0.160. The number of hydrogen-bond acceptors (Lipinski definition) is 4. The van der Waals surface area contributed by atoms with Gasteiger partial charge in [0.2, 0.25) is 0 Å². The molecule has 3 nitrogen and oxygen atoms in total. The van der Waals surface area contributed by atoms with Crippen LogP contribution in [0.2, 0.25) is 0 Å². The first kappa shape index (κ1) is 14.4. The van der Waals surface area contributed by atoms with Gasteiger partial charge < -0.3 is 4.74 Å². The van der Waals surface area contributed by atoms with E-state index in [0.717, 1.165) is 4.70 Å². The Kier molecular flexibility index (Phi) is 3.73. The third-order valence-electron chi connectivity index (χ3n) is 3.16. The summed E-state index contributed by atoms with van der Waals surface area (Å²) in [6.07, 6.45) is 0. The Bertz CT molecular complexity index is 882. The van der Waals surface area contributed by atoms with Gasteiger partial charge in [-0.25, -0.2) is 9.18 Å². The molecule has 3 rings (SSSR count). The highest BCUT2D eigenvalue weighted by atomic mass is 32.1. The molecular formula is C17H11FO3S. The van der Waals surface area contributed by atoms with Crippen molar-refractivity contribution in [2.75, 3.05) is 0 Å². The van der Waals surface area contributed by atoms with Crippen molar-refractivity contribution >= 4 is 33.2 Å². The average Bonchev–Trinajstić information content (AvgIpc) is 2.87. The van der Waals surface area contributed by atoms with Crippen molar-refractivity contribution < 1.29 is 18.7 Å². The molecule has 0 amide bonds. The van der Waals surface area contributed by atoms with E-state index in [2.05, 4.69) is 0 Å². The van der Waals surface area contributed by atoms with Crippen molar-refractivity contribution in [1.82, 2.24) is 0 Å². The van der Waals surface area contributed by atoms with Crippen molar-refractivity contribution in [2.45, 2.75) is 6.92 Å². The van der Waals surface area contributed by atoms with Gasteiger partial charge >= 0.3 is 5.97 Å². The number of thiophene rings is 1. The Morgan fingerprint density at radius 2 is 1.73 bits per heavy atom. The topological polar surface area (TPSA) is 43.4 Å². The van der Waals surface area contributed by atoms with Crippen LogP contribution in [-0.4, -0.2) is 11.8 Å². The molecule has 1 heterocycles. The van der Waals surface area contributed by atoms with Gasteiger partial charge in [0.05, 0.1) is 5.56 Å². The highest BCUT2D eigenvalue weighted by Crippen LogP contribution is 2.38. The molecule has 0 atom stereocenters. The largest absolute Gasteiger partial charge is 0.420 e. The number of fused-ring (bicyclic) bond motifs is 1. The monoisotopic (exact) mass is 314 g/mol. The summed E-state index contributed by atoms with van der Waals surface area (Å²) in [5, 5.41) is 0.669. The van der Waals surface area contributed by atoms with Crippen LogP contribution in [0.4, 0.5) is 4.39 Å². The lowest BCUT2D eigenvalue weighted by molar-refractivity contribution is 0.0731. The molecule has 0 bridgehead atoms. The summed E-state index contributed by atoms with van der Waals surface area (Å²) >= 11 is 1.25. The fourth-order valence-electron chi connectivity index (χ4n) is 2.13. The minimum atomic E-state index is -0.816. The van der Waals surface area contributed by atoms with Crippen LogP contribution in [0.15, 0.2) is 48.5 Å². The molecule has 0 fully saturated rings. The molecule has 3 aromatic rings. The number of ether oxygens (including phenoxy) is 1. The molecule has 0 spiro atoms. The molecule has 0 aliphatic rings. The predicted molar refractivity (Wildman–Crippen MR) is 83.2 cm³/mol. The first-order valence-corrected chi connectivity index (χ1v) is 7.38. The van der Waals surface area contributed by atoms with Crippen molar-refractivity contribution in [3.8, 4) is 5.75 Å². The number of carbonyl (C=O) groups excluding carboxylic acids is 2. The van der Waals surface area contributed by atoms with E-state index in [9.17, 15) is 14.0 Å². The summed E-state index contributed by atoms with van der Waals surface area (Å²) < 4.78 is 19.9. The van der Waals surface area contributed by atoms with Crippen LogP contribution in [0.25, 0.3) is 10.1 Å². The number of benzene rings is 2. The van der Waals surface area contributed by atoms with Crippen LogP contribution in [0.5, 0.6) is 5.75 Å². The SMILES string of the molecule is CC(=O)c1sc2ccccc2c1OC(=O)c1ccccc1F. The van der Waals surface area contributed by atoms with E-state index in [1.807, 2.05) is 12.1 Å². The lowest BCUT2D eigenvalue weighted by Gasteiger charge is -2.06. The van der Waals surface area contributed by atoms with Crippen molar-refractivity contribution in [3.63, 3.8) is 0 Å². The minimum Gasteiger partial charge on any atom is -0.420 e. The molecule has 0 saturated carbocycles. The summed E-state index contributed by atoms with van der Waals surface area (Å²) in [4.78, 5) is 24.3. The maximum atomic E-state index is 13.7. The zero-order valence-corrected chi connectivity index (χ0v) is 12.4. The smallest absolute Gasteiger partial charge is 0.346 e. The third-order valence-corrected chi connectivity index (χ3v) is 4.41. The lowest BCUT2D eigenvalue weighted by atomic mass is 10.2. The minimum absolute atomic E-state index is 0.160. The summed E-state index contributed by atoms with van der Waals surface area (Å²) in [6.45, 7) is 1.41. The molecule has 110 valence electrons. The number of esters is 1. The van der Waals surface area contributed by atoms with Gasteiger partial charge in [-0.1, -0.05) is 24.3 Å². The zero-order chi connectivity index (χ0) is 15.7. The van der Waals surface area contributed by atoms with E-state index in [1.165, 1.54) is 36.5 Å². The molecule has 0 saturated heterocycles. The van der Waals surface area contributed by atoms with Gasteiger partial charge in [-0.05, 0) is 24.3 Å².